The molecule has 1 saturated carbocycles. The summed E-state index contributed by atoms with van der Waals surface area (Å²) in [6, 6.07) is 6.82. The third-order valence-electron chi connectivity index (χ3n) is 6.68. The number of hydrogen-bond donors (Lipinski definition) is 1. The maximum Gasteiger partial charge on any atom is 0.274 e. The number of sulfone groups is 1. The van der Waals surface area contributed by atoms with Gasteiger partial charge < -0.3 is 23.8 Å². The van der Waals surface area contributed by atoms with Gasteiger partial charge in [-0.05, 0) is 37.1 Å². The first-order valence-corrected chi connectivity index (χ1v) is 13.0. The number of pyridine rings is 1. The summed E-state index contributed by atoms with van der Waals surface area (Å²) in [5.74, 6) is 0.126. The number of H-pyrrole nitrogens is 1. The van der Waals surface area contributed by atoms with Gasteiger partial charge in [0.25, 0.3) is 5.56 Å². The molecular formula is C24H28N2O6S. The summed E-state index contributed by atoms with van der Waals surface area (Å²) in [6.45, 7) is 2.88. The molecule has 0 unspecified atom stereocenters. The molecule has 0 bridgehead atoms. The van der Waals surface area contributed by atoms with E-state index in [1.807, 2.05) is 6.07 Å². The molecular weight excluding hydrogens is 444 g/mol. The molecule has 2 aromatic heterocycles. The van der Waals surface area contributed by atoms with Crippen LogP contribution in [0.3, 0.4) is 0 Å². The molecule has 1 aliphatic carbocycles. The van der Waals surface area contributed by atoms with Crippen LogP contribution in [-0.2, 0) is 26.4 Å². The zero-order chi connectivity index (χ0) is 23.2. The number of nitrogens with one attached hydrogen (secondary N) is 1. The lowest BCUT2D eigenvalue weighted by molar-refractivity contribution is -0.185. The largest absolute Gasteiger partial charge is 0.490 e. The minimum atomic E-state index is -3.42. The van der Waals surface area contributed by atoms with Crippen molar-refractivity contribution in [2.45, 2.75) is 49.4 Å². The zero-order valence-electron chi connectivity index (χ0n) is 18.8. The van der Waals surface area contributed by atoms with Crippen molar-refractivity contribution in [1.29, 1.82) is 0 Å². The fraction of sp³-hybridized carbons (Fsp3) is 0.458. The van der Waals surface area contributed by atoms with Gasteiger partial charge in [0.2, 0.25) is 0 Å². The van der Waals surface area contributed by atoms with Crippen molar-refractivity contribution in [3.05, 3.63) is 47.0 Å². The van der Waals surface area contributed by atoms with Gasteiger partial charge in [-0.3, -0.25) is 4.79 Å². The maximum absolute atomic E-state index is 12.6. The molecule has 2 aliphatic rings. The maximum atomic E-state index is 12.6. The number of nitrogens with zero attached hydrogens (tertiary/aromatic N) is 1. The highest BCUT2D eigenvalue weighted by Crippen LogP contribution is 2.40. The summed E-state index contributed by atoms with van der Waals surface area (Å²) >= 11 is 0. The van der Waals surface area contributed by atoms with Gasteiger partial charge in [0.15, 0.2) is 15.6 Å². The van der Waals surface area contributed by atoms with Crippen molar-refractivity contribution in [3.63, 3.8) is 0 Å². The minimum Gasteiger partial charge on any atom is -0.490 e. The molecule has 1 N–H and O–H groups in total. The average molecular weight is 473 g/mol. The van der Waals surface area contributed by atoms with Crippen molar-refractivity contribution in [2.75, 3.05) is 19.0 Å². The summed E-state index contributed by atoms with van der Waals surface area (Å²) < 4.78 is 44.8. The van der Waals surface area contributed by atoms with Crippen LogP contribution in [0.25, 0.3) is 22.0 Å². The van der Waals surface area contributed by atoms with Crippen molar-refractivity contribution in [3.8, 4) is 16.9 Å². The Kier molecular flexibility index (Phi) is 5.58. The number of fused-ring (bicyclic) bond motifs is 1. The van der Waals surface area contributed by atoms with Crippen LogP contribution in [0.1, 0.15) is 32.6 Å². The van der Waals surface area contributed by atoms with Crippen molar-refractivity contribution < 1.29 is 22.6 Å². The molecule has 1 spiro atoms. The Morgan fingerprint density at radius 2 is 1.88 bits per heavy atom. The summed E-state index contributed by atoms with van der Waals surface area (Å²) in [6.07, 6.45) is 6.49. The number of rotatable bonds is 5. The fourth-order valence-corrected chi connectivity index (χ4v) is 5.69. The topological polar surface area (TPSA) is 99.6 Å². The Labute approximate surface area is 192 Å². The van der Waals surface area contributed by atoms with E-state index in [2.05, 4.69) is 4.98 Å². The highest BCUT2D eigenvalue weighted by atomic mass is 32.2. The Balaban J connectivity index is 1.56. The molecule has 1 aliphatic heterocycles. The van der Waals surface area contributed by atoms with Crippen LogP contribution in [0.2, 0.25) is 0 Å². The lowest BCUT2D eigenvalue weighted by Crippen LogP contribution is -2.38. The molecule has 2 fully saturated rings. The Morgan fingerprint density at radius 3 is 2.58 bits per heavy atom. The first-order valence-electron chi connectivity index (χ1n) is 11.3. The molecule has 1 saturated heterocycles. The highest BCUT2D eigenvalue weighted by Gasteiger charge is 2.41. The van der Waals surface area contributed by atoms with Crippen molar-refractivity contribution >= 4 is 20.7 Å². The molecule has 0 amide bonds. The fourth-order valence-electron chi connectivity index (χ4n) is 4.78. The number of ether oxygens (including phenoxy) is 3. The first kappa shape index (κ1) is 22.2. The Morgan fingerprint density at radius 1 is 1.15 bits per heavy atom. The third-order valence-corrected chi connectivity index (χ3v) is 8.41. The van der Waals surface area contributed by atoms with Crippen molar-refractivity contribution in [2.24, 2.45) is 7.05 Å². The van der Waals surface area contributed by atoms with E-state index in [1.54, 1.807) is 44.6 Å². The zero-order valence-corrected chi connectivity index (χ0v) is 19.6. The van der Waals surface area contributed by atoms with E-state index >= 15 is 0 Å². The van der Waals surface area contributed by atoms with E-state index in [4.69, 9.17) is 14.2 Å². The Bertz CT molecular complexity index is 1340. The number of aryl methyl sites for hydroxylation is 1. The predicted molar refractivity (Wildman–Crippen MR) is 124 cm³/mol. The van der Waals surface area contributed by atoms with Gasteiger partial charge in [0.05, 0.1) is 30.0 Å². The summed E-state index contributed by atoms with van der Waals surface area (Å²) in [5.41, 5.74) is 1.72. The lowest BCUT2D eigenvalue weighted by atomic mass is 9.91. The van der Waals surface area contributed by atoms with E-state index in [0.29, 0.717) is 30.0 Å². The predicted octanol–water partition coefficient (Wildman–Crippen LogP) is 3.39. The van der Waals surface area contributed by atoms with Crippen molar-refractivity contribution in [1.82, 2.24) is 9.55 Å². The van der Waals surface area contributed by atoms with Gasteiger partial charge in [-0.1, -0.05) is 6.92 Å². The molecule has 176 valence electrons. The van der Waals surface area contributed by atoms with E-state index in [1.165, 1.54) is 4.57 Å². The van der Waals surface area contributed by atoms with E-state index in [0.717, 1.165) is 36.6 Å². The number of aromatic nitrogens is 2. The van der Waals surface area contributed by atoms with Crippen LogP contribution < -0.4 is 10.3 Å². The smallest absolute Gasteiger partial charge is 0.274 e. The molecule has 0 atom stereocenters. The van der Waals surface area contributed by atoms with E-state index in [9.17, 15) is 13.2 Å². The molecule has 33 heavy (non-hydrogen) atoms. The Hall–Kier alpha value is -2.62. The van der Waals surface area contributed by atoms with Gasteiger partial charge in [0.1, 0.15) is 11.3 Å². The van der Waals surface area contributed by atoms with Crippen LogP contribution in [0.15, 0.2) is 46.3 Å². The van der Waals surface area contributed by atoms with Crippen LogP contribution in [0.5, 0.6) is 5.75 Å². The average Bonchev–Trinajstić information content (AvgIpc) is 3.49. The molecule has 9 heteroatoms. The normalized spacial score (nSPS) is 18.8. The van der Waals surface area contributed by atoms with Crippen LogP contribution in [0.4, 0.5) is 0 Å². The van der Waals surface area contributed by atoms with Gasteiger partial charge in [-0.15, -0.1) is 0 Å². The van der Waals surface area contributed by atoms with Gasteiger partial charge in [-0.25, -0.2) is 8.42 Å². The van der Waals surface area contributed by atoms with Gasteiger partial charge >= 0.3 is 0 Å². The van der Waals surface area contributed by atoms with E-state index in [-0.39, 0.29) is 22.3 Å². The second kappa shape index (κ2) is 8.30. The molecule has 1 aromatic carbocycles. The quantitative estimate of drug-likeness (QED) is 0.611. The SMILES string of the molecule is CCS(=O)(=O)c1ccc(OC2CCC3(CC2)OCCO3)c(-c2cn(C)c(=O)c3[nH]ccc23)c1. The molecule has 3 aromatic rings. The second-order valence-electron chi connectivity index (χ2n) is 8.71. The monoisotopic (exact) mass is 472 g/mol. The molecule has 8 nitrogen and oxygen atoms in total. The van der Waals surface area contributed by atoms with Gasteiger partial charge in [0, 0.05) is 48.8 Å². The van der Waals surface area contributed by atoms with Crippen LogP contribution in [0, 0.1) is 0 Å². The van der Waals surface area contributed by atoms with Gasteiger partial charge in [-0.2, -0.15) is 0 Å². The first-order chi connectivity index (χ1) is 15.8. The molecule has 5 rings (SSSR count). The summed E-state index contributed by atoms with van der Waals surface area (Å²) in [5, 5.41) is 0.726. The number of benzene rings is 1. The standard InChI is InChI=1S/C24H28N2O6S/c1-3-33(28,29)17-4-5-21(32-16-6-9-24(10-7-16)30-12-13-31-24)19(14-17)20-15-26(2)23(27)22-18(20)8-11-25-22/h4-5,8,11,14-16,25H,3,6-7,9-10,12-13H2,1-2H3. The second-order valence-corrected chi connectivity index (χ2v) is 11.0. The molecule has 0 radical (unpaired) electrons. The summed E-state index contributed by atoms with van der Waals surface area (Å²) in [4.78, 5) is 15.8. The molecule has 3 heterocycles. The highest BCUT2D eigenvalue weighted by molar-refractivity contribution is 7.91. The lowest BCUT2D eigenvalue weighted by Gasteiger charge is -2.35. The third kappa shape index (κ3) is 3.98. The summed E-state index contributed by atoms with van der Waals surface area (Å²) in [7, 11) is -1.73. The van der Waals surface area contributed by atoms with Crippen LogP contribution >= 0.6 is 0 Å². The van der Waals surface area contributed by atoms with Crippen LogP contribution in [-0.4, -0.2) is 48.8 Å². The number of aromatic amines is 1. The van der Waals surface area contributed by atoms with E-state index < -0.39 is 15.6 Å². The minimum absolute atomic E-state index is 0.00416. The number of hydrogen-bond acceptors (Lipinski definition) is 6.